The van der Waals surface area contributed by atoms with Crippen molar-refractivity contribution in [3.63, 3.8) is 0 Å². The van der Waals surface area contributed by atoms with Gasteiger partial charge in [0.25, 0.3) is 5.56 Å². The number of alkyl halides is 1. The molecule has 60 heavy (non-hydrogen) atoms. The lowest BCUT2D eigenvalue weighted by molar-refractivity contribution is -0.0669. The number of nitrogens with two attached hydrogens (primary N) is 1. The van der Waals surface area contributed by atoms with Gasteiger partial charge in [0, 0.05) is 25.1 Å². The number of aromatic amines is 1. The molecule has 3 saturated heterocycles. The third kappa shape index (κ3) is 8.74. The minimum Gasteiger partial charge on any atom is -0.423 e. The van der Waals surface area contributed by atoms with Crippen molar-refractivity contribution in [3.05, 3.63) is 111 Å². The third-order valence-corrected chi connectivity index (χ3v) is 14.4. The second kappa shape index (κ2) is 17.0. The number of nitrogen functional groups attached to an aromatic ring is 1. The summed E-state index contributed by atoms with van der Waals surface area (Å²) in [6, 6.07) is 14.2. The SMILES string of the molecule is CO[C@H]1[C@H]2OP(=O)(SCc3ccc(OC(=O)c4ccc(C)cc4)cc3)OC[C@H]3O[C@@H](n4cnc5c(N)ncnc54)[C@H](OP(=O)(O)OC[C@H]1O[C@H]2n1ccc(=O)[nH]c1=O)[C@@H]3F. The van der Waals surface area contributed by atoms with Crippen LogP contribution < -0.4 is 21.7 Å². The van der Waals surface area contributed by atoms with Gasteiger partial charge in [0.1, 0.15) is 48.1 Å². The average Bonchev–Trinajstić information content (AvgIpc) is 3.89. The molecule has 3 fully saturated rings. The first-order valence-corrected chi connectivity index (χ1v) is 22.7. The summed E-state index contributed by atoms with van der Waals surface area (Å²) in [5.41, 5.74) is 6.41. The Hall–Kier alpha value is -4.64. The molecule has 0 aliphatic carbocycles. The predicted octanol–water partition coefficient (Wildman–Crippen LogP) is 3.59. The summed E-state index contributed by atoms with van der Waals surface area (Å²) in [6.45, 7) is -4.16. The van der Waals surface area contributed by atoms with E-state index in [1.54, 1.807) is 48.5 Å². The van der Waals surface area contributed by atoms with Crippen LogP contribution in [0.15, 0.2) is 83.0 Å². The largest absolute Gasteiger partial charge is 0.472 e. The molecular weight excluding hydrogens is 855 g/mol. The number of phosphoric acid groups is 1. The zero-order valence-electron chi connectivity index (χ0n) is 31.4. The monoisotopic (exact) mass is 891 g/mol. The summed E-state index contributed by atoms with van der Waals surface area (Å²) >= 11 is 0.690. The molecule has 10 atom stereocenters. The van der Waals surface area contributed by atoms with Crippen LogP contribution in [0.5, 0.6) is 5.75 Å². The van der Waals surface area contributed by atoms with Gasteiger partial charge in [0.05, 0.1) is 25.1 Å². The molecule has 8 rings (SSSR count). The number of H-pyrrole nitrogens is 1. The maximum atomic E-state index is 16.5. The molecule has 0 spiro atoms. The summed E-state index contributed by atoms with van der Waals surface area (Å²) in [7, 11) is -3.92. The third-order valence-electron chi connectivity index (χ3n) is 9.72. The van der Waals surface area contributed by atoms with E-state index in [-0.39, 0.29) is 28.5 Å². The molecule has 0 saturated carbocycles. The number of fused-ring (bicyclic) bond motifs is 5. The van der Waals surface area contributed by atoms with E-state index in [1.807, 2.05) is 6.92 Å². The molecule has 0 radical (unpaired) electrons. The Balaban J connectivity index is 1.10. The van der Waals surface area contributed by atoms with Gasteiger partial charge in [-0.15, -0.1) is 0 Å². The van der Waals surface area contributed by atoms with Crippen LogP contribution in [0.3, 0.4) is 0 Å². The first-order chi connectivity index (χ1) is 28.7. The predicted molar refractivity (Wildman–Crippen MR) is 208 cm³/mol. The first-order valence-electron chi connectivity index (χ1n) is 18.0. The van der Waals surface area contributed by atoms with Gasteiger partial charge in [-0.1, -0.05) is 29.8 Å². The number of rotatable bonds is 8. The number of nitrogens with zero attached hydrogens (tertiary/aromatic N) is 5. The Morgan fingerprint density at radius 1 is 0.967 bits per heavy atom. The Bertz CT molecular complexity index is 2600. The van der Waals surface area contributed by atoms with Crippen molar-refractivity contribution in [1.29, 1.82) is 0 Å². The van der Waals surface area contributed by atoms with Crippen molar-refractivity contribution in [2.75, 3.05) is 26.1 Å². The van der Waals surface area contributed by atoms with Gasteiger partial charge in [-0.2, -0.15) is 0 Å². The maximum absolute atomic E-state index is 16.5. The van der Waals surface area contributed by atoms with Crippen LogP contribution in [0.4, 0.5) is 10.2 Å². The number of imidazole rings is 1. The number of hydrogen-bond donors (Lipinski definition) is 3. The summed E-state index contributed by atoms with van der Waals surface area (Å²) < 4.78 is 93.3. The van der Waals surface area contributed by atoms with Gasteiger partial charge >= 0.3 is 26.3 Å². The number of methoxy groups -OCH3 is 1. The van der Waals surface area contributed by atoms with Crippen LogP contribution in [0, 0.1) is 6.92 Å². The molecule has 4 N–H and O–H groups in total. The zero-order valence-corrected chi connectivity index (χ0v) is 34.0. The highest BCUT2D eigenvalue weighted by atomic mass is 32.7. The Morgan fingerprint density at radius 2 is 1.68 bits per heavy atom. The summed E-state index contributed by atoms with van der Waals surface area (Å²) in [4.78, 5) is 62.9. The number of benzene rings is 2. The number of carbonyl (C=O) groups is 1. The standard InChI is InChI=1S/C35H36FN7O14P2S/c1-18-3-7-20(8-4-18)34(45)53-21-9-5-19(6-10-21)15-60-59(49)52-13-22-25(36)28(32(54-22)43-17-40-26-30(37)38-16-39-31(26)43)56-58(47,48)51-14-23-27(50-2)29(57-59)33(55-23)42-12-11-24(44)41-35(42)46/h3-12,16-17,22-23,25,27-29,32-33H,13-15H2,1-2H3,(H,47,48)(H2,37,38,39)(H,41,44,46)/t22-,23-,25-,27-,28-,29-,32-,33-,59?/m1/s1. The second-order valence-electron chi connectivity index (χ2n) is 13.7. The van der Waals surface area contributed by atoms with Crippen LogP contribution in [0.2, 0.25) is 0 Å². The van der Waals surface area contributed by atoms with Gasteiger partial charge in [-0.05, 0) is 48.1 Å². The number of carbonyl (C=O) groups excluding carboxylic acids is 1. The highest BCUT2D eigenvalue weighted by molar-refractivity contribution is 8.54. The molecule has 5 aromatic rings. The Kier molecular flexibility index (Phi) is 11.9. The summed E-state index contributed by atoms with van der Waals surface area (Å²) in [6.07, 6.45) is -9.27. The number of aromatic nitrogens is 6. The van der Waals surface area contributed by atoms with E-state index < -0.39 is 94.2 Å². The molecule has 21 nitrogen and oxygen atoms in total. The van der Waals surface area contributed by atoms with Crippen molar-refractivity contribution in [2.24, 2.45) is 0 Å². The van der Waals surface area contributed by atoms with E-state index in [4.69, 9.17) is 42.8 Å². The van der Waals surface area contributed by atoms with Gasteiger partial charge in [-0.3, -0.25) is 37.0 Å². The molecule has 3 aliphatic heterocycles. The maximum Gasteiger partial charge on any atom is 0.472 e. The van der Waals surface area contributed by atoms with E-state index in [0.29, 0.717) is 22.5 Å². The van der Waals surface area contributed by atoms with Crippen molar-refractivity contribution < 1.29 is 60.3 Å². The number of anilines is 1. The highest BCUT2D eigenvalue weighted by Crippen LogP contribution is 2.65. The number of hydrogen-bond acceptors (Lipinski definition) is 18. The number of nitrogens with one attached hydrogen (secondary N) is 1. The highest BCUT2D eigenvalue weighted by Gasteiger charge is 2.55. The Morgan fingerprint density at radius 3 is 2.42 bits per heavy atom. The molecule has 6 heterocycles. The van der Waals surface area contributed by atoms with Gasteiger partial charge in [0.2, 0.25) is 0 Å². The van der Waals surface area contributed by atoms with E-state index in [2.05, 4.69) is 19.9 Å². The molecule has 3 aromatic heterocycles. The number of phosphoric ester groups is 1. The smallest absolute Gasteiger partial charge is 0.423 e. The molecule has 318 valence electrons. The molecule has 25 heteroatoms. The van der Waals surface area contributed by atoms with Crippen LogP contribution in [0.25, 0.3) is 11.2 Å². The van der Waals surface area contributed by atoms with Crippen LogP contribution in [-0.2, 0) is 47.2 Å². The number of aryl methyl sites for hydroxylation is 1. The fourth-order valence-corrected chi connectivity index (χ4v) is 11.0. The van der Waals surface area contributed by atoms with Crippen LogP contribution in [0.1, 0.15) is 33.9 Å². The molecule has 3 aliphatic rings. The lowest BCUT2D eigenvalue weighted by Crippen LogP contribution is -2.40. The molecule has 2 aromatic carbocycles. The van der Waals surface area contributed by atoms with Crippen molar-refractivity contribution in [1.82, 2.24) is 29.1 Å². The summed E-state index contributed by atoms with van der Waals surface area (Å²) in [5, 5.41) is 0. The molecule has 4 bridgehead atoms. The van der Waals surface area contributed by atoms with E-state index in [1.165, 1.54) is 18.0 Å². The second-order valence-corrected chi connectivity index (χ2v) is 19.1. The van der Waals surface area contributed by atoms with Gasteiger partial charge in [-0.25, -0.2) is 38.1 Å². The van der Waals surface area contributed by atoms with Crippen molar-refractivity contribution in [2.45, 2.75) is 61.8 Å². The van der Waals surface area contributed by atoms with E-state index in [9.17, 15) is 28.4 Å². The average molecular weight is 892 g/mol. The lowest BCUT2D eigenvalue weighted by atomic mass is 10.1. The zero-order chi connectivity index (χ0) is 42.3. The van der Waals surface area contributed by atoms with E-state index >= 15 is 4.39 Å². The molecule has 2 unspecified atom stereocenters. The first kappa shape index (κ1) is 42.1. The Labute approximate surface area is 342 Å². The van der Waals surface area contributed by atoms with Gasteiger partial charge < -0.3 is 29.6 Å². The number of ether oxygens (including phenoxy) is 4. The van der Waals surface area contributed by atoms with Crippen LogP contribution >= 0.6 is 26.0 Å². The topological polar surface area (TPSA) is 270 Å². The van der Waals surface area contributed by atoms with Crippen molar-refractivity contribution in [3.8, 4) is 5.75 Å². The lowest BCUT2D eigenvalue weighted by Gasteiger charge is -2.29. The minimum absolute atomic E-state index is 0.00125. The van der Waals surface area contributed by atoms with Crippen LogP contribution in [-0.4, -0.2) is 96.9 Å². The summed E-state index contributed by atoms with van der Waals surface area (Å²) in [5.74, 6) is -0.367. The number of esters is 1. The number of halogens is 1. The fraction of sp³-hybridized carbons (Fsp3) is 0.371. The molecular formula is C35H36FN7O14P2S. The molecule has 0 amide bonds. The van der Waals surface area contributed by atoms with Gasteiger partial charge in [0.15, 0.2) is 30.1 Å². The van der Waals surface area contributed by atoms with Crippen molar-refractivity contribution >= 4 is 49.0 Å². The normalized spacial score (nSPS) is 30.9. The fourth-order valence-electron chi connectivity index (χ4n) is 6.74. The minimum atomic E-state index is -5.16. The quantitative estimate of drug-likeness (QED) is 0.114. The van der Waals surface area contributed by atoms with E-state index in [0.717, 1.165) is 28.7 Å².